The van der Waals surface area contributed by atoms with Crippen LogP contribution in [0.5, 0.6) is 0 Å². The largest absolute Gasteiger partial charge is 0.365 e. The van der Waals surface area contributed by atoms with Crippen molar-refractivity contribution in [3.63, 3.8) is 0 Å². The summed E-state index contributed by atoms with van der Waals surface area (Å²) >= 11 is 5.93. The van der Waals surface area contributed by atoms with Crippen molar-refractivity contribution >= 4 is 34.8 Å². The van der Waals surface area contributed by atoms with E-state index in [1.165, 1.54) is 0 Å². The number of primary amides is 1. The molecule has 3 rings (SSSR count). The topological polar surface area (TPSA) is 106 Å². The summed E-state index contributed by atoms with van der Waals surface area (Å²) in [6, 6.07) is 5.09. The minimum atomic E-state index is -3.05. The Bertz CT molecular complexity index is 896. The minimum absolute atomic E-state index is 0.0326. The van der Waals surface area contributed by atoms with Gasteiger partial charge in [-0.3, -0.25) is 4.79 Å². The van der Waals surface area contributed by atoms with Crippen molar-refractivity contribution < 1.29 is 18.0 Å². The third-order valence-electron chi connectivity index (χ3n) is 4.60. The van der Waals surface area contributed by atoms with Crippen LogP contribution in [0.3, 0.4) is 0 Å². The second-order valence-corrected chi connectivity index (χ2v) is 7.08. The number of halogens is 4. The fraction of sp³-hybridized carbons (Fsp3) is 0.333. The van der Waals surface area contributed by atoms with Crippen molar-refractivity contribution in [1.29, 1.82) is 0 Å². The number of carbonyl (C=O) groups excluding carboxylic acids is 1. The van der Waals surface area contributed by atoms with Crippen LogP contribution in [0.1, 0.15) is 29.6 Å². The molecule has 2 atom stereocenters. The fourth-order valence-corrected chi connectivity index (χ4v) is 3.30. The van der Waals surface area contributed by atoms with Crippen molar-refractivity contribution in [3.8, 4) is 0 Å². The summed E-state index contributed by atoms with van der Waals surface area (Å²) in [7, 11) is 0. The van der Waals surface area contributed by atoms with Crippen molar-refractivity contribution in [3.05, 3.63) is 46.7 Å². The van der Waals surface area contributed by atoms with Gasteiger partial charge in [0.25, 0.3) is 11.8 Å². The highest BCUT2D eigenvalue weighted by Crippen LogP contribution is 2.34. The summed E-state index contributed by atoms with van der Waals surface area (Å²) in [5, 5.41) is 5.93. The molecule has 1 heterocycles. The van der Waals surface area contributed by atoms with Crippen molar-refractivity contribution in [1.82, 2.24) is 4.98 Å². The van der Waals surface area contributed by atoms with Gasteiger partial charge in [-0.1, -0.05) is 17.7 Å². The highest BCUT2D eigenvalue weighted by molar-refractivity contribution is 6.30. The molecule has 28 heavy (non-hydrogen) atoms. The van der Waals surface area contributed by atoms with Crippen molar-refractivity contribution in [2.75, 3.05) is 10.6 Å². The number of amides is 1. The van der Waals surface area contributed by atoms with E-state index in [1.54, 1.807) is 24.3 Å². The second-order valence-electron chi connectivity index (χ2n) is 6.64. The summed E-state index contributed by atoms with van der Waals surface area (Å²) in [5.41, 5.74) is 11.2. The van der Waals surface area contributed by atoms with Gasteiger partial charge in [0.2, 0.25) is 0 Å². The third-order valence-corrected chi connectivity index (χ3v) is 4.83. The van der Waals surface area contributed by atoms with Crippen LogP contribution in [0.25, 0.3) is 0 Å². The van der Waals surface area contributed by atoms with E-state index in [4.69, 9.17) is 23.1 Å². The number of anilines is 3. The van der Waals surface area contributed by atoms with Gasteiger partial charge in [0.15, 0.2) is 11.6 Å². The van der Waals surface area contributed by atoms with E-state index >= 15 is 0 Å². The van der Waals surface area contributed by atoms with Gasteiger partial charge in [-0.2, -0.15) is 0 Å². The Balaban J connectivity index is 1.93. The summed E-state index contributed by atoms with van der Waals surface area (Å²) in [6.07, 6.45) is 0.268. The molecule has 1 aromatic carbocycles. The van der Waals surface area contributed by atoms with Crippen molar-refractivity contribution in [2.45, 2.75) is 37.3 Å². The number of aromatic nitrogens is 1. The van der Waals surface area contributed by atoms with Gasteiger partial charge >= 0.3 is 0 Å². The van der Waals surface area contributed by atoms with Gasteiger partial charge in [0, 0.05) is 23.2 Å². The van der Waals surface area contributed by atoms with Crippen LogP contribution in [0.2, 0.25) is 5.02 Å². The number of benzene rings is 1. The smallest absolute Gasteiger partial charge is 0.264 e. The van der Waals surface area contributed by atoms with E-state index < -0.39 is 29.7 Å². The van der Waals surface area contributed by atoms with Gasteiger partial charge in [0.1, 0.15) is 5.82 Å². The molecule has 10 heteroatoms. The highest BCUT2D eigenvalue weighted by Gasteiger charge is 2.45. The first-order chi connectivity index (χ1) is 13.2. The van der Waals surface area contributed by atoms with Crippen molar-refractivity contribution in [2.24, 2.45) is 11.5 Å². The van der Waals surface area contributed by atoms with E-state index in [9.17, 15) is 18.0 Å². The zero-order valence-electron chi connectivity index (χ0n) is 14.7. The van der Waals surface area contributed by atoms with E-state index in [-0.39, 0.29) is 30.0 Å². The standard InChI is InChI=1S/C18H19ClF3N5O/c19-9-3-1-4-10(7-9)25-16-11(15(24)28)8-12(20)17(27-16)26-13-5-2-6-18(21,22)14(13)23/h1,3-4,7-8,13-14H,2,5-6,23H2,(H2,24,28)(H2,25,26,27)/t13-,14-/m1/s1. The van der Waals surface area contributed by atoms with Crippen LogP contribution in [0, 0.1) is 5.82 Å². The lowest BCUT2D eigenvalue weighted by molar-refractivity contribution is -0.0555. The fourth-order valence-electron chi connectivity index (χ4n) is 3.11. The van der Waals surface area contributed by atoms with Gasteiger partial charge in [-0.15, -0.1) is 0 Å². The van der Waals surface area contributed by atoms with Gasteiger partial charge in [-0.25, -0.2) is 18.2 Å². The molecule has 150 valence electrons. The maximum Gasteiger partial charge on any atom is 0.264 e. The number of pyridine rings is 1. The zero-order chi connectivity index (χ0) is 20.5. The monoisotopic (exact) mass is 413 g/mol. The number of nitrogens with two attached hydrogens (primary N) is 2. The molecule has 0 unspecified atom stereocenters. The number of hydrogen-bond donors (Lipinski definition) is 4. The molecule has 0 aliphatic heterocycles. The van der Waals surface area contributed by atoms with Crippen LogP contribution in [-0.4, -0.2) is 28.9 Å². The lowest BCUT2D eigenvalue weighted by Gasteiger charge is -2.36. The molecule has 0 spiro atoms. The Morgan fingerprint density at radius 3 is 2.71 bits per heavy atom. The number of nitrogens with one attached hydrogen (secondary N) is 2. The van der Waals surface area contributed by atoms with Crippen LogP contribution < -0.4 is 22.1 Å². The molecule has 1 amide bonds. The zero-order valence-corrected chi connectivity index (χ0v) is 15.4. The average molecular weight is 414 g/mol. The first-order valence-corrected chi connectivity index (χ1v) is 8.98. The maximum absolute atomic E-state index is 14.5. The van der Waals surface area contributed by atoms with Gasteiger partial charge < -0.3 is 22.1 Å². The Labute approximate surface area is 164 Å². The van der Waals surface area contributed by atoms with Crippen LogP contribution in [0.4, 0.5) is 30.5 Å². The average Bonchev–Trinajstić information content (AvgIpc) is 2.61. The number of carbonyl (C=O) groups is 1. The molecular formula is C18H19ClF3N5O. The molecular weight excluding hydrogens is 395 g/mol. The molecule has 0 radical (unpaired) electrons. The molecule has 1 fully saturated rings. The number of rotatable bonds is 5. The van der Waals surface area contributed by atoms with E-state index in [1.807, 2.05) is 0 Å². The molecule has 2 aromatic rings. The molecule has 1 aliphatic rings. The summed E-state index contributed by atoms with van der Waals surface area (Å²) in [5.74, 6) is -5.18. The third kappa shape index (κ3) is 4.31. The van der Waals surface area contributed by atoms with Crippen LogP contribution in [-0.2, 0) is 0 Å². The summed E-state index contributed by atoms with van der Waals surface area (Å²) < 4.78 is 42.2. The summed E-state index contributed by atoms with van der Waals surface area (Å²) in [6.45, 7) is 0. The van der Waals surface area contributed by atoms with Crippen LogP contribution in [0.15, 0.2) is 30.3 Å². The minimum Gasteiger partial charge on any atom is -0.365 e. The second kappa shape index (κ2) is 7.84. The number of alkyl halides is 2. The molecule has 0 saturated heterocycles. The number of nitrogens with zero attached hydrogens (tertiary/aromatic N) is 1. The predicted molar refractivity (Wildman–Crippen MR) is 102 cm³/mol. The van der Waals surface area contributed by atoms with E-state index in [2.05, 4.69) is 15.6 Å². The molecule has 6 N–H and O–H groups in total. The first-order valence-electron chi connectivity index (χ1n) is 8.60. The van der Waals surface area contributed by atoms with Gasteiger partial charge in [0.05, 0.1) is 11.6 Å². The lowest BCUT2D eigenvalue weighted by Crippen LogP contribution is -2.55. The Hall–Kier alpha value is -2.52. The quantitative estimate of drug-likeness (QED) is 0.598. The van der Waals surface area contributed by atoms with E-state index in [0.717, 1.165) is 6.07 Å². The molecule has 6 nitrogen and oxygen atoms in total. The van der Waals surface area contributed by atoms with Gasteiger partial charge in [-0.05, 0) is 37.1 Å². The van der Waals surface area contributed by atoms with E-state index in [0.29, 0.717) is 17.1 Å². The van der Waals surface area contributed by atoms with Crippen LogP contribution >= 0.6 is 11.6 Å². The Kier molecular flexibility index (Phi) is 5.66. The SMILES string of the molecule is NC(=O)c1cc(F)c(N[C@@H]2CCCC(F)(F)[C@@H]2N)nc1Nc1cccc(Cl)c1. The Morgan fingerprint density at radius 2 is 2.04 bits per heavy atom. The molecule has 1 saturated carbocycles. The number of hydrogen-bond acceptors (Lipinski definition) is 5. The first kappa shape index (κ1) is 20.2. The highest BCUT2D eigenvalue weighted by atomic mass is 35.5. The molecule has 1 aromatic heterocycles. The lowest BCUT2D eigenvalue weighted by atomic mass is 9.87. The molecule has 1 aliphatic carbocycles. The normalized spacial score (nSPS) is 21.2. The Morgan fingerprint density at radius 1 is 1.29 bits per heavy atom. The maximum atomic E-state index is 14.5. The molecule has 0 bridgehead atoms. The predicted octanol–water partition coefficient (Wildman–Crippen LogP) is 3.64. The summed E-state index contributed by atoms with van der Waals surface area (Å²) in [4.78, 5) is 15.7.